The van der Waals surface area contributed by atoms with E-state index in [0.717, 1.165) is 38.7 Å². The van der Waals surface area contributed by atoms with Gasteiger partial charge >= 0.3 is 0 Å². The zero-order valence-corrected chi connectivity index (χ0v) is 22.6. The number of rotatable bonds is 1. The van der Waals surface area contributed by atoms with Crippen molar-refractivity contribution in [3.63, 3.8) is 0 Å². The van der Waals surface area contributed by atoms with Crippen molar-refractivity contribution in [2.45, 2.75) is 35.3 Å². The quantitative estimate of drug-likeness (QED) is 0.271. The van der Waals surface area contributed by atoms with Gasteiger partial charge in [-0.1, -0.05) is 103 Å². The van der Waals surface area contributed by atoms with Gasteiger partial charge < -0.3 is 4.57 Å². The Bertz CT molecular complexity index is 1380. The second kappa shape index (κ2) is 11.2. The fraction of sp³-hybridized carbons (Fsp3) is 0.200. The molecule has 4 aromatic rings. The van der Waals surface area contributed by atoms with Gasteiger partial charge in [0.2, 0.25) is 0 Å². The summed E-state index contributed by atoms with van der Waals surface area (Å²) < 4.78 is 41.2. The summed E-state index contributed by atoms with van der Waals surface area (Å²) in [4.78, 5) is 0. The van der Waals surface area contributed by atoms with Gasteiger partial charge in [0.1, 0.15) is 7.14 Å². The van der Waals surface area contributed by atoms with Crippen molar-refractivity contribution in [1.29, 1.82) is 0 Å². The number of benzene rings is 4. The minimum atomic E-state index is -2.92. The predicted octanol–water partition coefficient (Wildman–Crippen LogP) is 6.29. The van der Waals surface area contributed by atoms with Crippen LogP contribution in [0.5, 0.6) is 0 Å². The van der Waals surface area contributed by atoms with E-state index in [1.807, 2.05) is 103 Å². The molecule has 0 saturated heterocycles. The highest BCUT2D eigenvalue weighted by Crippen LogP contribution is 2.52. The molecule has 0 N–H and O–H groups in total. The third-order valence-electron chi connectivity index (χ3n) is 6.59. The van der Waals surface area contributed by atoms with Crippen molar-refractivity contribution in [1.82, 2.24) is 0 Å². The minimum Gasteiger partial charge on any atom is -0.318 e. The molecule has 0 radical (unpaired) electrons. The first kappa shape index (κ1) is 25.1. The van der Waals surface area contributed by atoms with Crippen molar-refractivity contribution in [3.05, 3.63) is 137 Å². The fourth-order valence-electron chi connectivity index (χ4n) is 4.82. The molecular formula is C30H29O3PS2. The van der Waals surface area contributed by atoms with E-state index in [1.54, 1.807) is 0 Å². The van der Waals surface area contributed by atoms with Crippen molar-refractivity contribution >= 4 is 34.0 Å². The Balaban J connectivity index is 1.62. The average Bonchev–Trinajstić information content (AvgIpc) is 2.87. The van der Waals surface area contributed by atoms with Crippen LogP contribution in [-0.4, -0.2) is 8.42 Å². The molecule has 1 aliphatic heterocycles. The topological polar surface area (TPSA) is 51.2 Å². The molecule has 0 aliphatic carbocycles. The van der Waals surface area contributed by atoms with Gasteiger partial charge in [-0.3, -0.25) is 8.42 Å². The van der Waals surface area contributed by atoms with Crippen LogP contribution in [0.25, 0.3) is 0 Å². The molecule has 3 nitrogen and oxygen atoms in total. The first-order chi connectivity index (χ1) is 17.5. The van der Waals surface area contributed by atoms with Crippen LogP contribution < -0.4 is 5.30 Å². The van der Waals surface area contributed by atoms with Crippen molar-refractivity contribution < 1.29 is 13.0 Å². The fourth-order valence-corrected chi connectivity index (χ4v) is 10.3. The average molecular weight is 533 g/mol. The second-order valence-electron chi connectivity index (χ2n) is 9.36. The van der Waals surface area contributed by atoms with E-state index in [4.69, 9.17) is 0 Å². The van der Waals surface area contributed by atoms with Crippen LogP contribution in [0, 0.1) is 0 Å². The Morgan fingerprint density at radius 1 is 0.500 bits per heavy atom. The summed E-state index contributed by atoms with van der Waals surface area (Å²) in [6.07, 6.45) is 0.800. The monoisotopic (exact) mass is 532 g/mol. The van der Waals surface area contributed by atoms with Crippen molar-refractivity contribution in [3.8, 4) is 0 Å². The molecule has 0 aromatic heterocycles. The molecule has 0 fully saturated rings. The van der Waals surface area contributed by atoms with Crippen molar-refractivity contribution in [2.24, 2.45) is 0 Å². The normalized spacial score (nSPS) is 22.8. The highest BCUT2D eigenvalue weighted by molar-refractivity contribution is 7.83. The molecule has 2 bridgehead atoms. The molecule has 2 atom stereocenters. The number of hydrogen-bond donors (Lipinski definition) is 0. The summed E-state index contributed by atoms with van der Waals surface area (Å²) in [5, 5.41) is 0.841. The maximum absolute atomic E-state index is 14.8. The summed E-state index contributed by atoms with van der Waals surface area (Å²) in [5.74, 6) is 1.71. The second-order valence-corrected chi connectivity index (χ2v) is 15.2. The lowest BCUT2D eigenvalue weighted by molar-refractivity contribution is 0.579. The molecular weight excluding hydrogens is 503 g/mol. The predicted molar refractivity (Wildman–Crippen MR) is 152 cm³/mol. The third kappa shape index (κ3) is 6.03. The Labute approximate surface area is 218 Å². The van der Waals surface area contributed by atoms with Crippen LogP contribution in [-0.2, 0) is 61.5 Å². The molecule has 1 heterocycles. The summed E-state index contributed by atoms with van der Waals surface area (Å²) in [7, 11) is -5.15. The van der Waals surface area contributed by atoms with Gasteiger partial charge in [0.15, 0.2) is 0 Å². The third-order valence-corrected chi connectivity index (χ3v) is 12.1. The summed E-state index contributed by atoms with van der Waals surface area (Å²) in [6.45, 7) is 0. The molecule has 36 heavy (non-hydrogen) atoms. The van der Waals surface area contributed by atoms with Gasteiger partial charge in [-0.15, -0.1) is 0 Å². The smallest absolute Gasteiger partial charge is 0.124 e. The first-order valence-corrected chi connectivity index (χ1v) is 17.1. The van der Waals surface area contributed by atoms with E-state index in [-0.39, 0.29) is 0 Å². The SMILES string of the molecule is O=S1Cc2cccc(c2)CS(=O)Cc2ccccc2CP(=O)(c2ccccc2)Cc2ccccc2C1. The van der Waals surface area contributed by atoms with E-state index in [2.05, 4.69) is 0 Å². The van der Waals surface area contributed by atoms with Gasteiger partial charge in [-0.05, 0) is 33.4 Å². The van der Waals surface area contributed by atoms with E-state index < -0.39 is 28.7 Å². The lowest BCUT2D eigenvalue weighted by atomic mass is 10.1. The van der Waals surface area contributed by atoms with Crippen LogP contribution in [0.2, 0.25) is 0 Å². The van der Waals surface area contributed by atoms with E-state index in [1.165, 1.54) is 0 Å². The van der Waals surface area contributed by atoms with Crippen LogP contribution in [0.15, 0.2) is 103 Å². The Hall–Kier alpha value is -2.59. The van der Waals surface area contributed by atoms with Crippen molar-refractivity contribution in [2.75, 3.05) is 0 Å². The standard InChI is InChI=1S/C30H29O3PS2/c31-34(30-15-2-1-3-16-30)18-26-11-4-6-13-28(26)22-35(32)20-24-9-8-10-25(17-24)21-36(33)23-29-14-7-5-12-27(29)19-34/h1-17H,18-23H2. The summed E-state index contributed by atoms with van der Waals surface area (Å²) in [5.41, 5.74) is 5.93. The Morgan fingerprint density at radius 3 is 1.44 bits per heavy atom. The largest absolute Gasteiger partial charge is 0.318 e. The number of hydrogen-bond acceptors (Lipinski definition) is 3. The van der Waals surface area contributed by atoms with Crippen LogP contribution in [0.3, 0.4) is 0 Å². The molecule has 4 aromatic carbocycles. The maximum atomic E-state index is 14.8. The van der Waals surface area contributed by atoms with Gasteiger partial charge in [-0.2, -0.15) is 0 Å². The molecule has 1 aliphatic rings. The van der Waals surface area contributed by atoms with E-state index >= 15 is 0 Å². The first-order valence-electron chi connectivity index (χ1n) is 12.0. The molecule has 0 spiro atoms. The van der Waals surface area contributed by atoms with Gasteiger partial charge in [0, 0.05) is 62.2 Å². The zero-order chi connectivity index (χ0) is 25.0. The molecule has 6 heteroatoms. The lowest BCUT2D eigenvalue weighted by Gasteiger charge is -2.22. The lowest BCUT2D eigenvalue weighted by Crippen LogP contribution is -2.12. The highest BCUT2D eigenvalue weighted by atomic mass is 32.2. The molecule has 0 amide bonds. The highest BCUT2D eigenvalue weighted by Gasteiger charge is 2.28. The zero-order valence-electron chi connectivity index (χ0n) is 20.0. The maximum Gasteiger partial charge on any atom is 0.124 e. The van der Waals surface area contributed by atoms with Gasteiger partial charge in [-0.25, -0.2) is 0 Å². The summed E-state index contributed by atoms with van der Waals surface area (Å²) >= 11 is 0. The van der Waals surface area contributed by atoms with Gasteiger partial charge in [0.25, 0.3) is 0 Å². The van der Waals surface area contributed by atoms with Crippen LogP contribution >= 0.6 is 7.14 Å². The molecule has 184 valence electrons. The molecule has 5 rings (SSSR count). The van der Waals surface area contributed by atoms with Gasteiger partial charge in [0.05, 0.1) is 0 Å². The number of fused-ring (bicyclic) bond motifs is 4. The van der Waals surface area contributed by atoms with E-state index in [9.17, 15) is 13.0 Å². The molecule has 2 unspecified atom stereocenters. The van der Waals surface area contributed by atoms with E-state index in [0.29, 0.717) is 35.3 Å². The minimum absolute atomic E-state index is 0.400. The molecule has 0 saturated carbocycles. The Kier molecular flexibility index (Phi) is 7.81. The van der Waals surface area contributed by atoms with Crippen LogP contribution in [0.4, 0.5) is 0 Å². The summed E-state index contributed by atoms with van der Waals surface area (Å²) in [6, 6.07) is 33.6. The van der Waals surface area contributed by atoms with Crippen LogP contribution in [0.1, 0.15) is 33.4 Å². The Morgan fingerprint density at radius 2 is 0.944 bits per heavy atom.